The standard InChI is InChI=1S/C11H9N3O/c1-6-3-9-10(7(2)14-6)13-5-8(4-12)11(9)15/h3,5H,1-2H3,(H,13,15). The number of fused-ring (bicyclic) bond motifs is 1. The first-order chi connectivity index (χ1) is 7.13. The van der Waals surface area contributed by atoms with Crippen molar-refractivity contribution < 1.29 is 0 Å². The fourth-order valence-electron chi connectivity index (χ4n) is 1.63. The quantitative estimate of drug-likeness (QED) is 0.697. The second kappa shape index (κ2) is 3.21. The Hall–Kier alpha value is -2.15. The monoisotopic (exact) mass is 199 g/mol. The van der Waals surface area contributed by atoms with Gasteiger partial charge in [0.25, 0.3) is 0 Å². The molecule has 0 spiro atoms. The molecule has 0 atom stereocenters. The molecule has 2 rings (SSSR count). The van der Waals surface area contributed by atoms with Gasteiger partial charge in [0.05, 0.1) is 16.6 Å². The summed E-state index contributed by atoms with van der Waals surface area (Å²) in [5.74, 6) is 0. The van der Waals surface area contributed by atoms with E-state index in [0.29, 0.717) is 10.9 Å². The van der Waals surface area contributed by atoms with E-state index in [2.05, 4.69) is 9.97 Å². The summed E-state index contributed by atoms with van der Waals surface area (Å²) in [6, 6.07) is 3.56. The summed E-state index contributed by atoms with van der Waals surface area (Å²) in [6.45, 7) is 3.66. The average molecular weight is 199 g/mol. The van der Waals surface area contributed by atoms with Gasteiger partial charge >= 0.3 is 0 Å². The largest absolute Gasteiger partial charge is 0.358 e. The van der Waals surface area contributed by atoms with Gasteiger partial charge in [0.2, 0.25) is 5.43 Å². The Morgan fingerprint density at radius 2 is 2.20 bits per heavy atom. The predicted molar refractivity (Wildman–Crippen MR) is 56.6 cm³/mol. The van der Waals surface area contributed by atoms with Gasteiger partial charge in [-0.2, -0.15) is 5.26 Å². The molecule has 2 aromatic rings. The Kier molecular flexibility index (Phi) is 2.01. The van der Waals surface area contributed by atoms with Crippen LogP contribution in [0.3, 0.4) is 0 Å². The molecule has 1 N–H and O–H groups in total. The minimum atomic E-state index is -0.236. The minimum Gasteiger partial charge on any atom is -0.358 e. The van der Waals surface area contributed by atoms with Crippen LogP contribution < -0.4 is 5.43 Å². The van der Waals surface area contributed by atoms with Crippen molar-refractivity contribution in [3.05, 3.63) is 39.4 Å². The lowest BCUT2D eigenvalue weighted by atomic mass is 10.1. The van der Waals surface area contributed by atoms with Crippen LogP contribution in [0.2, 0.25) is 0 Å². The molecule has 2 heterocycles. The summed E-state index contributed by atoms with van der Waals surface area (Å²) in [7, 11) is 0. The summed E-state index contributed by atoms with van der Waals surface area (Å²) in [5, 5.41) is 9.26. The van der Waals surface area contributed by atoms with Crippen LogP contribution in [-0.2, 0) is 0 Å². The topological polar surface area (TPSA) is 69.5 Å². The summed E-state index contributed by atoms with van der Waals surface area (Å²) in [4.78, 5) is 19.0. The lowest BCUT2D eigenvalue weighted by molar-refractivity contribution is 1.13. The van der Waals surface area contributed by atoms with E-state index in [1.807, 2.05) is 19.9 Å². The van der Waals surface area contributed by atoms with Crippen LogP contribution in [0.5, 0.6) is 0 Å². The number of hydrogen-bond acceptors (Lipinski definition) is 3. The Labute approximate surface area is 86.2 Å². The van der Waals surface area contributed by atoms with Crippen molar-refractivity contribution in [1.29, 1.82) is 5.26 Å². The maximum absolute atomic E-state index is 11.8. The highest BCUT2D eigenvalue weighted by Gasteiger charge is 2.07. The molecule has 4 nitrogen and oxygen atoms in total. The van der Waals surface area contributed by atoms with Crippen molar-refractivity contribution in [3.63, 3.8) is 0 Å². The van der Waals surface area contributed by atoms with E-state index in [1.165, 1.54) is 6.20 Å². The fourth-order valence-corrected chi connectivity index (χ4v) is 1.63. The van der Waals surface area contributed by atoms with Crippen molar-refractivity contribution in [2.45, 2.75) is 13.8 Å². The van der Waals surface area contributed by atoms with Gasteiger partial charge in [0.1, 0.15) is 11.6 Å². The lowest BCUT2D eigenvalue weighted by Gasteiger charge is -2.02. The molecule has 2 aromatic heterocycles. The number of pyridine rings is 2. The van der Waals surface area contributed by atoms with E-state index in [1.54, 1.807) is 6.07 Å². The van der Waals surface area contributed by atoms with E-state index in [0.717, 1.165) is 11.4 Å². The Balaban J connectivity index is 3.01. The van der Waals surface area contributed by atoms with Crippen LogP contribution >= 0.6 is 0 Å². The van der Waals surface area contributed by atoms with Crippen LogP contribution in [0.1, 0.15) is 17.0 Å². The molecule has 0 aliphatic heterocycles. The third-order valence-electron chi connectivity index (χ3n) is 2.30. The van der Waals surface area contributed by atoms with E-state index >= 15 is 0 Å². The predicted octanol–water partition coefficient (Wildman–Crippen LogP) is 1.41. The van der Waals surface area contributed by atoms with E-state index in [4.69, 9.17) is 5.26 Å². The number of H-pyrrole nitrogens is 1. The molecule has 0 amide bonds. The van der Waals surface area contributed by atoms with Crippen LogP contribution in [-0.4, -0.2) is 9.97 Å². The first-order valence-corrected chi connectivity index (χ1v) is 4.53. The molecule has 0 aliphatic rings. The summed E-state index contributed by atoms with van der Waals surface area (Å²) in [5.41, 5.74) is 2.14. The second-order valence-electron chi connectivity index (χ2n) is 3.41. The molecule has 0 aliphatic carbocycles. The number of nitrogens with zero attached hydrogens (tertiary/aromatic N) is 2. The van der Waals surface area contributed by atoms with Crippen LogP contribution in [0.25, 0.3) is 10.9 Å². The maximum atomic E-state index is 11.8. The Morgan fingerprint density at radius 3 is 2.87 bits per heavy atom. The summed E-state index contributed by atoms with van der Waals surface area (Å²) in [6.07, 6.45) is 1.43. The molecule has 0 aromatic carbocycles. The molecule has 0 unspecified atom stereocenters. The molecule has 0 saturated heterocycles. The molecular formula is C11H9N3O. The normalized spacial score (nSPS) is 10.2. The van der Waals surface area contributed by atoms with E-state index < -0.39 is 0 Å². The molecule has 0 radical (unpaired) electrons. The highest BCUT2D eigenvalue weighted by atomic mass is 16.1. The zero-order valence-corrected chi connectivity index (χ0v) is 8.46. The van der Waals surface area contributed by atoms with Gasteiger partial charge in [-0.25, -0.2) is 0 Å². The van der Waals surface area contributed by atoms with Crippen molar-refractivity contribution in [2.24, 2.45) is 0 Å². The van der Waals surface area contributed by atoms with Gasteiger partial charge in [0.15, 0.2) is 0 Å². The number of hydrogen-bond donors (Lipinski definition) is 1. The number of aromatic nitrogens is 2. The average Bonchev–Trinajstić information content (AvgIpc) is 2.19. The second-order valence-corrected chi connectivity index (χ2v) is 3.41. The number of rotatable bonds is 0. The first-order valence-electron chi connectivity index (χ1n) is 4.53. The van der Waals surface area contributed by atoms with Crippen LogP contribution in [0.15, 0.2) is 17.1 Å². The smallest absolute Gasteiger partial charge is 0.207 e. The number of nitrogens with one attached hydrogen (secondary N) is 1. The van der Waals surface area contributed by atoms with Gasteiger partial charge in [0, 0.05) is 11.9 Å². The highest BCUT2D eigenvalue weighted by Crippen LogP contribution is 2.12. The zero-order chi connectivity index (χ0) is 11.0. The fraction of sp³-hybridized carbons (Fsp3) is 0.182. The molecule has 15 heavy (non-hydrogen) atoms. The van der Waals surface area contributed by atoms with E-state index in [-0.39, 0.29) is 11.0 Å². The first kappa shape index (κ1) is 9.41. The number of aryl methyl sites for hydroxylation is 2. The van der Waals surface area contributed by atoms with Crippen molar-refractivity contribution in [3.8, 4) is 6.07 Å². The third kappa shape index (κ3) is 1.38. The Bertz CT molecular complexity index is 635. The molecule has 0 saturated carbocycles. The Morgan fingerprint density at radius 1 is 1.47 bits per heavy atom. The summed E-state index contributed by atoms with van der Waals surface area (Å²) >= 11 is 0. The molecular weight excluding hydrogens is 190 g/mol. The van der Waals surface area contributed by atoms with Crippen molar-refractivity contribution in [2.75, 3.05) is 0 Å². The van der Waals surface area contributed by atoms with Gasteiger partial charge in [-0.1, -0.05) is 0 Å². The third-order valence-corrected chi connectivity index (χ3v) is 2.30. The van der Waals surface area contributed by atoms with Crippen LogP contribution in [0, 0.1) is 25.2 Å². The highest BCUT2D eigenvalue weighted by molar-refractivity contribution is 5.81. The van der Waals surface area contributed by atoms with Crippen molar-refractivity contribution in [1.82, 2.24) is 9.97 Å². The van der Waals surface area contributed by atoms with Gasteiger partial charge in [-0.15, -0.1) is 0 Å². The number of nitriles is 1. The molecule has 74 valence electrons. The van der Waals surface area contributed by atoms with Gasteiger partial charge < -0.3 is 4.98 Å². The van der Waals surface area contributed by atoms with Crippen molar-refractivity contribution >= 4 is 10.9 Å². The van der Waals surface area contributed by atoms with E-state index in [9.17, 15) is 4.79 Å². The SMILES string of the molecule is Cc1cc2c(=O)c(C#N)c[nH]c2c(C)n1. The minimum absolute atomic E-state index is 0.132. The maximum Gasteiger partial charge on any atom is 0.207 e. The zero-order valence-electron chi connectivity index (χ0n) is 8.46. The van der Waals surface area contributed by atoms with Gasteiger partial charge in [-0.05, 0) is 19.9 Å². The molecule has 0 bridgehead atoms. The lowest BCUT2D eigenvalue weighted by Crippen LogP contribution is -2.08. The van der Waals surface area contributed by atoms with Gasteiger partial charge in [-0.3, -0.25) is 9.78 Å². The summed E-state index contributed by atoms with van der Waals surface area (Å²) < 4.78 is 0. The molecule has 0 fully saturated rings. The number of aromatic amines is 1. The molecule has 4 heteroatoms. The van der Waals surface area contributed by atoms with Crippen LogP contribution in [0.4, 0.5) is 0 Å².